The van der Waals surface area contributed by atoms with Crippen LogP contribution in [0.15, 0.2) is 29.2 Å². The number of benzene rings is 1. The number of Topliss-reactive ketones (excluding diaryl/α,β-unsaturated/α-hetero) is 2. The van der Waals surface area contributed by atoms with E-state index in [-0.39, 0.29) is 11.6 Å². The van der Waals surface area contributed by atoms with Crippen molar-refractivity contribution in [2.75, 3.05) is 0 Å². The van der Waals surface area contributed by atoms with Gasteiger partial charge in [-0.2, -0.15) is 0 Å². The van der Waals surface area contributed by atoms with Gasteiger partial charge in [0.15, 0.2) is 0 Å². The van der Waals surface area contributed by atoms with Crippen molar-refractivity contribution in [1.82, 2.24) is 0 Å². The lowest BCUT2D eigenvalue weighted by molar-refractivity contribution is -0.147. The van der Waals surface area contributed by atoms with Gasteiger partial charge in [-0.05, 0) is 38.8 Å². The second-order valence-electron chi connectivity index (χ2n) is 6.46. The van der Waals surface area contributed by atoms with Crippen LogP contribution in [-0.2, 0) is 9.59 Å². The Labute approximate surface area is 129 Å². The predicted molar refractivity (Wildman–Crippen MR) is 82.4 cm³/mol. The molecule has 3 nitrogen and oxygen atoms in total. The number of aliphatic hydroxyl groups is 1. The molecule has 2 fully saturated rings. The Balaban J connectivity index is 1.96. The Morgan fingerprint density at radius 2 is 2.00 bits per heavy atom. The number of carbonyl (C=O) groups excluding carboxylic acids is 2. The van der Waals surface area contributed by atoms with Crippen LogP contribution in [0.4, 0.5) is 0 Å². The number of aryl methyl sites for hydroxylation is 1. The van der Waals surface area contributed by atoms with Crippen molar-refractivity contribution in [3.8, 4) is 0 Å². The van der Waals surface area contributed by atoms with Gasteiger partial charge in [-0.3, -0.25) is 9.59 Å². The van der Waals surface area contributed by atoms with Crippen LogP contribution in [0, 0.1) is 12.3 Å². The summed E-state index contributed by atoms with van der Waals surface area (Å²) in [6.07, 6.45) is 1.64. The maximum atomic E-state index is 12.4. The van der Waals surface area contributed by atoms with Crippen molar-refractivity contribution in [3.63, 3.8) is 0 Å². The van der Waals surface area contributed by atoms with Gasteiger partial charge < -0.3 is 5.11 Å². The highest BCUT2D eigenvalue weighted by Gasteiger charge is 2.64. The molecule has 0 radical (unpaired) electrons. The standard InChI is InChI=1S/C17H20O3S/c1-11-4-3-5-12(10-11)21-15-13(18)6-8-16(2)14(19)7-9-17(15,16)20/h3-5,10,15,20H,6-9H2,1-2H3/t15?,16-,17?/m0/s1. The highest BCUT2D eigenvalue weighted by molar-refractivity contribution is 8.00. The van der Waals surface area contributed by atoms with Crippen LogP contribution in [0.3, 0.4) is 0 Å². The lowest BCUT2D eigenvalue weighted by atomic mass is 9.65. The van der Waals surface area contributed by atoms with E-state index in [1.165, 1.54) is 11.8 Å². The molecule has 1 aromatic carbocycles. The molecule has 0 spiro atoms. The molecule has 0 bridgehead atoms. The van der Waals surface area contributed by atoms with Gasteiger partial charge in [0.25, 0.3) is 0 Å². The van der Waals surface area contributed by atoms with Crippen LogP contribution in [0.5, 0.6) is 0 Å². The third kappa shape index (κ3) is 2.16. The fourth-order valence-electron chi connectivity index (χ4n) is 3.63. The fraction of sp³-hybridized carbons (Fsp3) is 0.529. The van der Waals surface area contributed by atoms with E-state index in [9.17, 15) is 14.7 Å². The molecule has 2 aliphatic rings. The van der Waals surface area contributed by atoms with Gasteiger partial charge in [-0.1, -0.05) is 17.7 Å². The van der Waals surface area contributed by atoms with Crippen LogP contribution in [0.1, 0.15) is 38.2 Å². The van der Waals surface area contributed by atoms with Crippen molar-refractivity contribution in [3.05, 3.63) is 29.8 Å². The first-order valence-corrected chi connectivity index (χ1v) is 8.26. The van der Waals surface area contributed by atoms with Gasteiger partial charge in [-0.25, -0.2) is 0 Å². The highest BCUT2D eigenvalue weighted by Crippen LogP contribution is 2.55. The van der Waals surface area contributed by atoms with Gasteiger partial charge >= 0.3 is 0 Å². The van der Waals surface area contributed by atoms with Crippen molar-refractivity contribution in [1.29, 1.82) is 0 Å². The van der Waals surface area contributed by atoms with Crippen molar-refractivity contribution in [2.45, 2.75) is 55.3 Å². The topological polar surface area (TPSA) is 54.4 Å². The number of hydrogen-bond acceptors (Lipinski definition) is 4. The van der Waals surface area contributed by atoms with E-state index in [2.05, 4.69) is 0 Å². The minimum Gasteiger partial charge on any atom is -0.387 e. The third-order valence-electron chi connectivity index (χ3n) is 5.15. The van der Waals surface area contributed by atoms with Gasteiger partial charge in [0, 0.05) is 17.7 Å². The van der Waals surface area contributed by atoms with Crippen molar-refractivity contribution < 1.29 is 14.7 Å². The minimum absolute atomic E-state index is 0.0659. The summed E-state index contributed by atoms with van der Waals surface area (Å²) in [5.41, 5.74) is -0.837. The Hall–Kier alpha value is -1.13. The Kier molecular flexibility index (Phi) is 3.49. The molecule has 3 atom stereocenters. The zero-order valence-electron chi connectivity index (χ0n) is 12.4. The maximum absolute atomic E-state index is 12.4. The molecule has 1 aromatic rings. The summed E-state index contributed by atoms with van der Waals surface area (Å²) in [6, 6.07) is 7.93. The number of ketones is 2. The average molecular weight is 304 g/mol. The lowest BCUT2D eigenvalue weighted by Gasteiger charge is -2.46. The highest BCUT2D eigenvalue weighted by atomic mass is 32.2. The zero-order chi connectivity index (χ0) is 15.3. The van der Waals surface area contributed by atoms with Crippen molar-refractivity contribution in [2.24, 2.45) is 5.41 Å². The first-order valence-electron chi connectivity index (χ1n) is 7.38. The van der Waals surface area contributed by atoms with Crippen LogP contribution in [0.25, 0.3) is 0 Å². The molecule has 3 rings (SSSR count). The summed E-state index contributed by atoms with van der Waals surface area (Å²) >= 11 is 1.41. The zero-order valence-corrected chi connectivity index (χ0v) is 13.2. The average Bonchev–Trinajstić information content (AvgIpc) is 2.68. The lowest BCUT2D eigenvalue weighted by Crippen LogP contribution is -2.58. The molecule has 0 amide bonds. The van der Waals surface area contributed by atoms with Gasteiger partial charge in [-0.15, -0.1) is 11.8 Å². The molecular formula is C17H20O3S. The summed E-state index contributed by atoms with van der Waals surface area (Å²) in [4.78, 5) is 25.6. The summed E-state index contributed by atoms with van der Waals surface area (Å²) in [5, 5.41) is 10.6. The SMILES string of the molecule is Cc1cccc(SC2C(=O)CC[C@@]3(C)C(=O)CCC23O)c1. The van der Waals surface area contributed by atoms with E-state index in [0.29, 0.717) is 25.7 Å². The van der Waals surface area contributed by atoms with Crippen LogP contribution in [-0.4, -0.2) is 27.5 Å². The van der Waals surface area contributed by atoms with E-state index >= 15 is 0 Å². The van der Waals surface area contributed by atoms with Gasteiger partial charge in [0.1, 0.15) is 11.6 Å². The molecule has 112 valence electrons. The van der Waals surface area contributed by atoms with E-state index in [1.807, 2.05) is 38.1 Å². The molecule has 0 saturated heterocycles. The first kappa shape index (κ1) is 14.8. The Bertz CT molecular complexity index is 612. The molecule has 21 heavy (non-hydrogen) atoms. The molecule has 1 N–H and O–H groups in total. The number of carbonyl (C=O) groups is 2. The number of rotatable bonds is 2. The van der Waals surface area contributed by atoms with Gasteiger partial charge in [0.05, 0.1) is 16.3 Å². The predicted octanol–water partition coefficient (Wildman–Crippen LogP) is 2.92. The van der Waals surface area contributed by atoms with Gasteiger partial charge in [0.2, 0.25) is 0 Å². The largest absolute Gasteiger partial charge is 0.387 e. The number of thioether (sulfide) groups is 1. The second-order valence-corrected chi connectivity index (χ2v) is 7.64. The Morgan fingerprint density at radius 3 is 2.71 bits per heavy atom. The fourth-order valence-corrected chi connectivity index (χ4v) is 5.14. The van der Waals surface area contributed by atoms with Crippen LogP contribution in [0.2, 0.25) is 0 Å². The molecule has 0 heterocycles. The summed E-state index contributed by atoms with van der Waals surface area (Å²) < 4.78 is 0. The Morgan fingerprint density at radius 1 is 1.24 bits per heavy atom. The van der Waals surface area contributed by atoms with E-state index in [0.717, 1.165) is 10.5 Å². The van der Waals surface area contributed by atoms with Crippen molar-refractivity contribution >= 4 is 23.3 Å². The van der Waals surface area contributed by atoms with Crippen LogP contribution < -0.4 is 0 Å². The smallest absolute Gasteiger partial charge is 0.149 e. The van der Waals surface area contributed by atoms with E-state index in [1.54, 1.807) is 0 Å². The monoisotopic (exact) mass is 304 g/mol. The van der Waals surface area contributed by atoms with Crippen LogP contribution >= 0.6 is 11.8 Å². The summed E-state index contributed by atoms with van der Waals surface area (Å²) in [5.74, 6) is 0.170. The molecule has 0 aromatic heterocycles. The third-order valence-corrected chi connectivity index (χ3v) is 6.56. The normalized spacial score (nSPS) is 35.9. The number of fused-ring (bicyclic) bond motifs is 1. The minimum atomic E-state index is -1.20. The molecule has 4 heteroatoms. The molecular weight excluding hydrogens is 284 g/mol. The summed E-state index contributed by atoms with van der Waals surface area (Å²) in [6.45, 7) is 3.84. The van der Waals surface area contributed by atoms with E-state index < -0.39 is 16.3 Å². The second kappa shape index (κ2) is 4.96. The molecule has 2 unspecified atom stereocenters. The summed E-state index contributed by atoms with van der Waals surface area (Å²) in [7, 11) is 0. The quantitative estimate of drug-likeness (QED) is 0.913. The first-order chi connectivity index (χ1) is 9.87. The molecule has 0 aliphatic heterocycles. The molecule has 2 aliphatic carbocycles. The van der Waals surface area contributed by atoms with E-state index in [4.69, 9.17) is 0 Å². The number of hydrogen-bond donors (Lipinski definition) is 1. The molecule has 2 saturated carbocycles. The maximum Gasteiger partial charge on any atom is 0.149 e.